The fraction of sp³-hybridized carbons (Fsp3) is 0.900. The van der Waals surface area contributed by atoms with E-state index in [4.69, 9.17) is 0 Å². The molecule has 0 aromatic heterocycles. The van der Waals surface area contributed by atoms with E-state index in [1.165, 1.54) is 19.4 Å². The molecular formula is C10H20N2O. The minimum Gasteiger partial charge on any atom is -0.319 e. The van der Waals surface area contributed by atoms with Crippen molar-refractivity contribution in [2.24, 2.45) is 5.92 Å². The quantitative estimate of drug-likeness (QED) is 0.632. The van der Waals surface area contributed by atoms with Gasteiger partial charge in [0.25, 0.3) is 0 Å². The Bertz CT molecular complexity index is 148. The summed E-state index contributed by atoms with van der Waals surface area (Å²) in [7, 11) is 2.00. The largest absolute Gasteiger partial charge is 0.319 e. The number of hydrogen-bond acceptors (Lipinski definition) is 3. The number of carbonyl (C=O) groups excluding carboxylic acids is 1. The van der Waals surface area contributed by atoms with E-state index in [0.29, 0.717) is 6.42 Å². The Morgan fingerprint density at radius 2 is 2.46 bits per heavy atom. The van der Waals surface area contributed by atoms with Gasteiger partial charge in [-0.25, -0.2) is 0 Å². The molecule has 0 radical (unpaired) electrons. The van der Waals surface area contributed by atoms with Gasteiger partial charge in [0.2, 0.25) is 0 Å². The molecule has 0 bridgehead atoms. The number of aldehydes is 1. The van der Waals surface area contributed by atoms with Gasteiger partial charge in [-0.1, -0.05) is 0 Å². The van der Waals surface area contributed by atoms with Gasteiger partial charge in [-0.2, -0.15) is 0 Å². The molecule has 3 heteroatoms. The van der Waals surface area contributed by atoms with Gasteiger partial charge < -0.3 is 15.0 Å². The van der Waals surface area contributed by atoms with Gasteiger partial charge in [0.1, 0.15) is 6.29 Å². The molecule has 0 spiro atoms. The zero-order valence-electron chi connectivity index (χ0n) is 8.46. The molecule has 0 aliphatic carbocycles. The highest BCUT2D eigenvalue weighted by Gasteiger charge is 2.18. The molecule has 0 saturated carbocycles. The minimum atomic E-state index is 0.687. The molecule has 0 aromatic carbocycles. The van der Waals surface area contributed by atoms with Crippen LogP contribution in [0.3, 0.4) is 0 Å². The Balaban J connectivity index is 2.20. The fourth-order valence-electron chi connectivity index (χ4n) is 2.04. The van der Waals surface area contributed by atoms with E-state index in [1.54, 1.807) is 0 Å². The number of hydrogen-bond donors (Lipinski definition) is 1. The fourth-order valence-corrected chi connectivity index (χ4v) is 2.04. The van der Waals surface area contributed by atoms with Crippen LogP contribution in [-0.4, -0.2) is 44.4 Å². The van der Waals surface area contributed by atoms with Gasteiger partial charge in [-0.05, 0) is 38.9 Å². The maximum Gasteiger partial charge on any atom is 0.121 e. The summed E-state index contributed by atoms with van der Waals surface area (Å²) in [6, 6.07) is 0. The highest BCUT2D eigenvalue weighted by molar-refractivity contribution is 5.49. The lowest BCUT2D eigenvalue weighted by Gasteiger charge is -2.32. The van der Waals surface area contributed by atoms with Crippen molar-refractivity contribution in [3.05, 3.63) is 0 Å². The van der Waals surface area contributed by atoms with E-state index in [0.717, 1.165) is 31.8 Å². The van der Waals surface area contributed by atoms with Crippen LogP contribution in [0.1, 0.15) is 19.3 Å². The van der Waals surface area contributed by atoms with E-state index < -0.39 is 0 Å². The molecule has 1 rings (SSSR count). The maximum absolute atomic E-state index is 10.2. The average molecular weight is 184 g/mol. The van der Waals surface area contributed by atoms with E-state index in [-0.39, 0.29) is 0 Å². The Morgan fingerprint density at radius 1 is 1.62 bits per heavy atom. The summed E-state index contributed by atoms with van der Waals surface area (Å²) in [5, 5.41) is 3.22. The lowest BCUT2D eigenvalue weighted by molar-refractivity contribution is -0.108. The lowest BCUT2D eigenvalue weighted by atomic mass is 9.98. The molecule has 13 heavy (non-hydrogen) atoms. The summed E-state index contributed by atoms with van der Waals surface area (Å²) < 4.78 is 0. The zero-order valence-corrected chi connectivity index (χ0v) is 8.46. The molecule has 1 atom stereocenters. The molecule has 76 valence electrons. The van der Waals surface area contributed by atoms with Crippen LogP contribution in [0.15, 0.2) is 0 Å². The molecule has 1 heterocycles. The van der Waals surface area contributed by atoms with Crippen molar-refractivity contribution in [1.82, 2.24) is 10.2 Å². The molecule has 1 saturated heterocycles. The number of nitrogens with one attached hydrogen (secondary N) is 1. The molecule has 0 aromatic rings. The van der Waals surface area contributed by atoms with Gasteiger partial charge in [-0.15, -0.1) is 0 Å². The van der Waals surface area contributed by atoms with E-state index >= 15 is 0 Å². The Hall–Kier alpha value is -0.410. The second kappa shape index (κ2) is 6.11. The zero-order chi connectivity index (χ0) is 9.52. The SMILES string of the molecule is CNCC1CCCN(CCC=O)C1. The second-order valence-corrected chi connectivity index (χ2v) is 3.82. The highest BCUT2D eigenvalue weighted by Crippen LogP contribution is 2.15. The third-order valence-corrected chi connectivity index (χ3v) is 2.66. The normalized spacial score (nSPS) is 24.5. The van der Waals surface area contributed by atoms with Gasteiger partial charge in [-0.3, -0.25) is 0 Å². The first-order valence-corrected chi connectivity index (χ1v) is 5.17. The van der Waals surface area contributed by atoms with Gasteiger partial charge in [0, 0.05) is 19.5 Å². The maximum atomic E-state index is 10.2. The molecule has 1 fully saturated rings. The predicted molar refractivity (Wildman–Crippen MR) is 53.8 cm³/mol. The first-order chi connectivity index (χ1) is 6.36. The number of piperidine rings is 1. The van der Waals surface area contributed by atoms with Crippen LogP contribution in [0, 0.1) is 5.92 Å². The summed E-state index contributed by atoms with van der Waals surface area (Å²) in [5.41, 5.74) is 0. The van der Waals surface area contributed by atoms with Crippen LogP contribution in [0.25, 0.3) is 0 Å². The van der Waals surface area contributed by atoms with Crippen LogP contribution in [0.4, 0.5) is 0 Å². The lowest BCUT2D eigenvalue weighted by Crippen LogP contribution is -2.39. The van der Waals surface area contributed by atoms with Gasteiger partial charge in [0.05, 0.1) is 0 Å². The van der Waals surface area contributed by atoms with Crippen molar-refractivity contribution in [3.63, 3.8) is 0 Å². The smallest absolute Gasteiger partial charge is 0.121 e. The molecule has 3 nitrogen and oxygen atoms in total. The predicted octanol–water partition coefficient (Wildman–Crippen LogP) is 0.507. The van der Waals surface area contributed by atoms with E-state index in [2.05, 4.69) is 10.2 Å². The third-order valence-electron chi connectivity index (χ3n) is 2.66. The van der Waals surface area contributed by atoms with Crippen LogP contribution in [-0.2, 0) is 4.79 Å². The average Bonchev–Trinajstić information content (AvgIpc) is 2.16. The summed E-state index contributed by atoms with van der Waals surface area (Å²) in [6.45, 7) is 4.39. The van der Waals surface area contributed by atoms with Crippen molar-refractivity contribution < 1.29 is 4.79 Å². The molecular weight excluding hydrogens is 164 g/mol. The third kappa shape index (κ3) is 3.87. The van der Waals surface area contributed by atoms with Crippen LogP contribution in [0.2, 0.25) is 0 Å². The van der Waals surface area contributed by atoms with E-state index in [1.807, 2.05) is 7.05 Å². The number of rotatable bonds is 5. The highest BCUT2D eigenvalue weighted by atomic mass is 16.1. The van der Waals surface area contributed by atoms with Gasteiger partial charge >= 0.3 is 0 Å². The van der Waals surface area contributed by atoms with Crippen molar-refractivity contribution in [2.45, 2.75) is 19.3 Å². The standard InChI is InChI=1S/C10H20N2O/c1-11-8-10-4-2-5-12(9-10)6-3-7-13/h7,10-11H,2-6,8-9H2,1H3. The number of likely N-dealkylation sites (tertiary alicyclic amines) is 1. The number of carbonyl (C=O) groups is 1. The van der Waals surface area contributed by atoms with E-state index in [9.17, 15) is 4.79 Å². The molecule has 0 amide bonds. The second-order valence-electron chi connectivity index (χ2n) is 3.82. The van der Waals surface area contributed by atoms with Crippen LogP contribution >= 0.6 is 0 Å². The minimum absolute atomic E-state index is 0.687. The first kappa shape index (κ1) is 10.7. The molecule has 1 aliphatic rings. The summed E-state index contributed by atoms with van der Waals surface area (Å²) in [4.78, 5) is 12.6. The first-order valence-electron chi connectivity index (χ1n) is 5.17. The summed E-state index contributed by atoms with van der Waals surface area (Å²) in [5.74, 6) is 0.783. The van der Waals surface area contributed by atoms with Gasteiger partial charge in [0.15, 0.2) is 0 Å². The summed E-state index contributed by atoms with van der Waals surface area (Å²) in [6.07, 6.45) is 4.32. The summed E-state index contributed by atoms with van der Waals surface area (Å²) >= 11 is 0. The molecule has 1 N–H and O–H groups in total. The Labute approximate surface area is 80.5 Å². The molecule has 1 unspecified atom stereocenters. The molecule has 1 aliphatic heterocycles. The number of nitrogens with zero attached hydrogens (tertiary/aromatic N) is 1. The Morgan fingerprint density at radius 3 is 3.15 bits per heavy atom. The Kier molecular flexibility index (Phi) is 5.01. The van der Waals surface area contributed by atoms with Crippen LogP contribution in [0.5, 0.6) is 0 Å². The monoisotopic (exact) mass is 184 g/mol. The van der Waals surface area contributed by atoms with Crippen LogP contribution < -0.4 is 5.32 Å². The van der Waals surface area contributed by atoms with Crippen molar-refractivity contribution in [2.75, 3.05) is 33.2 Å². The van der Waals surface area contributed by atoms with Crippen molar-refractivity contribution in [1.29, 1.82) is 0 Å². The topological polar surface area (TPSA) is 32.3 Å². The van der Waals surface area contributed by atoms with Crippen molar-refractivity contribution >= 4 is 6.29 Å². The van der Waals surface area contributed by atoms with Crippen molar-refractivity contribution in [3.8, 4) is 0 Å².